The molecule has 2 rings (SSSR count). The number of amides is 1. The van der Waals surface area contributed by atoms with Gasteiger partial charge in [0.1, 0.15) is 5.75 Å². The number of rotatable bonds is 7. The van der Waals surface area contributed by atoms with Gasteiger partial charge in [0.15, 0.2) is 12.6 Å². The molecule has 1 aromatic rings. The number of guanidine groups is 1. The van der Waals surface area contributed by atoms with Gasteiger partial charge in [-0.25, -0.2) is 4.99 Å². The van der Waals surface area contributed by atoms with E-state index < -0.39 is 5.91 Å². The molecule has 25 heavy (non-hydrogen) atoms. The number of carbonyl (C=O) groups is 1. The number of ether oxygens (including phenoxy) is 1. The molecule has 1 saturated carbocycles. The Hall–Kier alpha value is -2.24. The third-order valence-electron chi connectivity index (χ3n) is 4.40. The van der Waals surface area contributed by atoms with Crippen LogP contribution >= 0.6 is 0 Å². The molecule has 0 atom stereocenters. The summed E-state index contributed by atoms with van der Waals surface area (Å²) >= 11 is 0. The van der Waals surface area contributed by atoms with E-state index in [0.29, 0.717) is 18.3 Å². The Morgan fingerprint density at radius 1 is 1.32 bits per heavy atom. The first-order valence-electron chi connectivity index (χ1n) is 9.11. The quantitative estimate of drug-likeness (QED) is 0.521. The molecule has 0 spiro atoms. The van der Waals surface area contributed by atoms with Gasteiger partial charge in [0.25, 0.3) is 5.91 Å². The summed E-state index contributed by atoms with van der Waals surface area (Å²) in [4.78, 5) is 15.5. The van der Waals surface area contributed by atoms with Crippen LogP contribution in [0, 0.1) is 5.92 Å². The molecule has 1 aliphatic rings. The smallest absolute Gasteiger partial charge is 0.255 e. The lowest BCUT2D eigenvalue weighted by atomic mass is 9.87. The fourth-order valence-corrected chi connectivity index (χ4v) is 2.98. The molecular weight excluding hydrogens is 316 g/mol. The number of hydrogen-bond donors (Lipinski definition) is 3. The van der Waals surface area contributed by atoms with Crippen molar-refractivity contribution in [3.63, 3.8) is 0 Å². The van der Waals surface area contributed by atoms with Gasteiger partial charge in [0.2, 0.25) is 0 Å². The predicted molar refractivity (Wildman–Crippen MR) is 101 cm³/mol. The minimum absolute atomic E-state index is 0.114. The fraction of sp³-hybridized carbons (Fsp3) is 0.579. The molecule has 4 N–H and O–H groups in total. The lowest BCUT2D eigenvalue weighted by Gasteiger charge is -2.28. The van der Waals surface area contributed by atoms with E-state index in [2.05, 4.69) is 29.5 Å². The first-order valence-corrected chi connectivity index (χ1v) is 9.11. The van der Waals surface area contributed by atoms with Crippen molar-refractivity contribution < 1.29 is 9.53 Å². The van der Waals surface area contributed by atoms with Crippen LogP contribution in [0.5, 0.6) is 5.75 Å². The summed E-state index contributed by atoms with van der Waals surface area (Å²) in [5.74, 6) is 1.83. The van der Waals surface area contributed by atoms with Crippen molar-refractivity contribution >= 4 is 11.9 Å². The zero-order chi connectivity index (χ0) is 18.1. The van der Waals surface area contributed by atoms with Crippen LogP contribution in [0.1, 0.15) is 45.1 Å². The average Bonchev–Trinajstić information content (AvgIpc) is 2.60. The molecule has 6 nitrogen and oxygen atoms in total. The average molecular weight is 346 g/mol. The van der Waals surface area contributed by atoms with Gasteiger partial charge < -0.3 is 21.1 Å². The molecule has 0 radical (unpaired) electrons. The van der Waals surface area contributed by atoms with Crippen LogP contribution < -0.4 is 21.1 Å². The van der Waals surface area contributed by atoms with Crippen molar-refractivity contribution in [1.29, 1.82) is 0 Å². The number of nitrogens with two attached hydrogens (primary N) is 1. The molecule has 0 unspecified atom stereocenters. The van der Waals surface area contributed by atoms with Crippen LogP contribution in [0.15, 0.2) is 29.3 Å². The SMILES string of the molecule is CCNC(=NCc1cccc(OCC(N)=O)c1)NC1CCC(C)CC1. The van der Waals surface area contributed by atoms with Crippen LogP contribution in [0.2, 0.25) is 0 Å². The highest BCUT2D eigenvalue weighted by atomic mass is 16.5. The van der Waals surface area contributed by atoms with Gasteiger partial charge in [0.05, 0.1) is 6.54 Å². The second-order valence-electron chi connectivity index (χ2n) is 6.70. The van der Waals surface area contributed by atoms with E-state index in [9.17, 15) is 4.79 Å². The normalized spacial score (nSPS) is 20.8. The van der Waals surface area contributed by atoms with Gasteiger partial charge in [-0.05, 0) is 56.2 Å². The maximum Gasteiger partial charge on any atom is 0.255 e. The molecule has 0 aliphatic heterocycles. The van der Waals surface area contributed by atoms with Crippen molar-refractivity contribution in [2.24, 2.45) is 16.6 Å². The molecule has 138 valence electrons. The molecule has 1 aromatic carbocycles. The molecule has 1 fully saturated rings. The monoisotopic (exact) mass is 346 g/mol. The minimum atomic E-state index is -0.483. The molecule has 0 aromatic heterocycles. The van der Waals surface area contributed by atoms with Gasteiger partial charge >= 0.3 is 0 Å². The van der Waals surface area contributed by atoms with E-state index >= 15 is 0 Å². The van der Waals surface area contributed by atoms with Crippen molar-refractivity contribution in [2.75, 3.05) is 13.2 Å². The first-order chi connectivity index (χ1) is 12.1. The summed E-state index contributed by atoms with van der Waals surface area (Å²) < 4.78 is 5.34. The summed E-state index contributed by atoms with van der Waals surface area (Å²) in [6.07, 6.45) is 4.94. The Morgan fingerprint density at radius 3 is 2.76 bits per heavy atom. The van der Waals surface area contributed by atoms with E-state index in [-0.39, 0.29) is 6.61 Å². The van der Waals surface area contributed by atoms with Crippen LogP contribution in [-0.4, -0.2) is 31.1 Å². The van der Waals surface area contributed by atoms with Gasteiger partial charge in [-0.1, -0.05) is 19.1 Å². The Kier molecular flexibility index (Phi) is 7.57. The first kappa shape index (κ1) is 19.1. The highest BCUT2D eigenvalue weighted by Gasteiger charge is 2.18. The number of carbonyl (C=O) groups excluding carboxylic acids is 1. The van der Waals surface area contributed by atoms with Crippen LogP contribution in [-0.2, 0) is 11.3 Å². The number of benzene rings is 1. The summed E-state index contributed by atoms with van der Waals surface area (Å²) in [6, 6.07) is 8.08. The van der Waals surface area contributed by atoms with E-state index in [1.165, 1.54) is 25.7 Å². The number of nitrogens with one attached hydrogen (secondary N) is 2. The van der Waals surface area contributed by atoms with Gasteiger partial charge in [0, 0.05) is 12.6 Å². The molecular formula is C19H30N4O2. The maximum atomic E-state index is 10.8. The topological polar surface area (TPSA) is 88.7 Å². The van der Waals surface area contributed by atoms with Gasteiger partial charge in [-0.3, -0.25) is 4.79 Å². The Bertz CT molecular complexity index is 581. The van der Waals surface area contributed by atoms with Crippen LogP contribution in [0.3, 0.4) is 0 Å². The van der Waals surface area contributed by atoms with Crippen molar-refractivity contribution in [2.45, 2.75) is 52.1 Å². The Morgan fingerprint density at radius 2 is 2.08 bits per heavy atom. The van der Waals surface area contributed by atoms with Crippen LogP contribution in [0.4, 0.5) is 0 Å². The number of nitrogens with zero attached hydrogens (tertiary/aromatic N) is 1. The van der Waals surface area contributed by atoms with Crippen molar-refractivity contribution in [1.82, 2.24) is 10.6 Å². The van der Waals surface area contributed by atoms with Crippen molar-refractivity contribution in [3.8, 4) is 5.75 Å². The third-order valence-corrected chi connectivity index (χ3v) is 4.40. The standard InChI is InChI=1S/C19H30N4O2/c1-3-21-19(23-16-9-7-14(2)8-10-16)22-12-15-5-4-6-17(11-15)25-13-18(20)24/h4-6,11,14,16H,3,7-10,12-13H2,1-2H3,(H2,20,24)(H2,21,22,23). The highest BCUT2D eigenvalue weighted by Crippen LogP contribution is 2.23. The lowest BCUT2D eigenvalue weighted by molar-refractivity contribution is -0.119. The van der Waals surface area contributed by atoms with Gasteiger partial charge in [-0.15, -0.1) is 0 Å². The Balaban J connectivity index is 1.93. The molecule has 0 bridgehead atoms. The summed E-state index contributed by atoms with van der Waals surface area (Å²) in [7, 11) is 0. The molecule has 6 heteroatoms. The minimum Gasteiger partial charge on any atom is -0.484 e. The van der Waals surface area contributed by atoms with Crippen LogP contribution in [0.25, 0.3) is 0 Å². The second kappa shape index (κ2) is 9.91. The molecule has 1 aliphatic carbocycles. The lowest BCUT2D eigenvalue weighted by Crippen LogP contribution is -2.44. The van der Waals surface area contributed by atoms with E-state index in [0.717, 1.165) is 24.0 Å². The third kappa shape index (κ3) is 7.03. The van der Waals surface area contributed by atoms with E-state index in [1.54, 1.807) is 0 Å². The zero-order valence-corrected chi connectivity index (χ0v) is 15.3. The predicted octanol–water partition coefficient (Wildman–Crippen LogP) is 2.18. The van der Waals surface area contributed by atoms with Gasteiger partial charge in [-0.2, -0.15) is 0 Å². The highest BCUT2D eigenvalue weighted by molar-refractivity contribution is 5.80. The molecule has 0 heterocycles. The largest absolute Gasteiger partial charge is 0.484 e. The van der Waals surface area contributed by atoms with Crippen molar-refractivity contribution in [3.05, 3.63) is 29.8 Å². The number of aliphatic imine (C=N–C) groups is 1. The summed E-state index contributed by atoms with van der Waals surface area (Å²) in [5.41, 5.74) is 6.13. The summed E-state index contributed by atoms with van der Waals surface area (Å²) in [6.45, 7) is 5.65. The molecule has 1 amide bonds. The van der Waals surface area contributed by atoms with E-state index in [4.69, 9.17) is 10.5 Å². The maximum absolute atomic E-state index is 10.8. The number of primary amides is 1. The molecule has 0 saturated heterocycles. The van der Waals surface area contributed by atoms with E-state index in [1.807, 2.05) is 24.3 Å². The number of hydrogen-bond acceptors (Lipinski definition) is 3. The fourth-order valence-electron chi connectivity index (χ4n) is 2.98. The summed E-state index contributed by atoms with van der Waals surface area (Å²) in [5, 5.41) is 6.86. The Labute approximate surface area is 150 Å². The second-order valence-corrected chi connectivity index (χ2v) is 6.70. The zero-order valence-electron chi connectivity index (χ0n) is 15.3.